The molecular formula is C19H20ClNO3S2. The van der Waals surface area contributed by atoms with Gasteiger partial charge in [-0.1, -0.05) is 30.7 Å². The molecule has 0 aliphatic carbocycles. The molecule has 0 N–H and O–H groups in total. The molecule has 1 unspecified atom stereocenters. The monoisotopic (exact) mass is 409 g/mol. The molecule has 0 saturated heterocycles. The summed E-state index contributed by atoms with van der Waals surface area (Å²) in [7, 11) is -3.52. The summed E-state index contributed by atoms with van der Waals surface area (Å²) in [6.45, 7) is 2.74. The first-order chi connectivity index (χ1) is 12.4. The maximum Gasteiger partial charge on any atom is 0.228 e. The first kappa shape index (κ1) is 19.3. The Bertz CT molecular complexity index is 897. The van der Waals surface area contributed by atoms with Crippen LogP contribution in [-0.2, 0) is 14.6 Å². The minimum Gasteiger partial charge on any atom is -0.311 e. The van der Waals surface area contributed by atoms with E-state index in [9.17, 15) is 13.2 Å². The number of anilines is 1. The van der Waals surface area contributed by atoms with E-state index in [4.69, 9.17) is 11.6 Å². The van der Waals surface area contributed by atoms with Crippen molar-refractivity contribution in [2.45, 2.75) is 34.8 Å². The summed E-state index contributed by atoms with van der Waals surface area (Å²) in [5.41, 5.74) is 0.871. The highest BCUT2D eigenvalue weighted by atomic mass is 35.5. The van der Waals surface area contributed by atoms with Crippen molar-refractivity contribution in [1.82, 2.24) is 0 Å². The molecule has 0 spiro atoms. The lowest BCUT2D eigenvalue weighted by atomic mass is 10.2. The summed E-state index contributed by atoms with van der Waals surface area (Å²) in [6.07, 6.45) is 0.827. The summed E-state index contributed by atoms with van der Waals surface area (Å²) in [5, 5.41) is 0.888. The van der Waals surface area contributed by atoms with E-state index in [0.29, 0.717) is 16.8 Å². The Morgan fingerprint density at radius 3 is 2.62 bits per heavy atom. The van der Waals surface area contributed by atoms with Crippen LogP contribution in [0.15, 0.2) is 58.3 Å². The number of fused-ring (bicyclic) bond motifs is 1. The number of halogens is 1. The highest BCUT2D eigenvalue weighted by Crippen LogP contribution is 2.37. The average molecular weight is 410 g/mol. The highest BCUT2D eigenvalue weighted by Gasteiger charge is 2.25. The lowest BCUT2D eigenvalue weighted by Crippen LogP contribution is -2.33. The molecule has 2 aromatic carbocycles. The molecule has 0 aromatic heterocycles. The van der Waals surface area contributed by atoms with E-state index in [1.54, 1.807) is 28.8 Å². The van der Waals surface area contributed by atoms with Crippen LogP contribution in [0, 0.1) is 0 Å². The predicted molar refractivity (Wildman–Crippen MR) is 107 cm³/mol. The van der Waals surface area contributed by atoms with Gasteiger partial charge in [0.15, 0.2) is 9.84 Å². The van der Waals surface area contributed by atoms with Gasteiger partial charge in [-0.3, -0.25) is 4.79 Å². The number of hydrogen-bond acceptors (Lipinski definition) is 4. The number of benzene rings is 2. The lowest BCUT2D eigenvalue weighted by Gasteiger charge is -2.22. The second kappa shape index (κ2) is 8.03. The van der Waals surface area contributed by atoms with E-state index >= 15 is 0 Å². The van der Waals surface area contributed by atoms with E-state index in [1.165, 1.54) is 12.1 Å². The Hall–Kier alpha value is -1.50. The van der Waals surface area contributed by atoms with Crippen LogP contribution >= 0.6 is 23.4 Å². The van der Waals surface area contributed by atoms with Gasteiger partial charge in [0, 0.05) is 28.1 Å². The average Bonchev–Trinajstić information content (AvgIpc) is 2.78. The first-order valence-corrected chi connectivity index (χ1v) is 11.3. The maximum atomic E-state index is 12.8. The summed E-state index contributed by atoms with van der Waals surface area (Å²) >= 11 is 7.56. The maximum absolute atomic E-state index is 12.8. The first-order valence-electron chi connectivity index (χ1n) is 8.41. The molecule has 0 fully saturated rings. The second-order valence-corrected chi connectivity index (χ2v) is 10.3. The molecule has 4 nitrogen and oxygen atoms in total. The molecule has 3 rings (SSSR count). The normalized spacial score (nSPS) is 17.5. The van der Waals surface area contributed by atoms with Gasteiger partial charge in [-0.2, -0.15) is 0 Å². The van der Waals surface area contributed by atoms with Gasteiger partial charge in [-0.15, -0.1) is 11.8 Å². The molecule has 0 saturated carbocycles. The molecule has 138 valence electrons. The SMILES string of the molecule is CC1CCN(C(=O)CCS(=O)(=O)c2ccc(Cl)cc2)c2ccccc2S1. The number of carbonyl (C=O) groups is 1. The van der Waals surface area contributed by atoms with Gasteiger partial charge in [-0.25, -0.2) is 8.42 Å². The van der Waals surface area contributed by atoms with E-state index in [0.717, 1.165) is 17.0 Å². The van der Waals surface area contributed by atoms with Gasteiger partial charge in [0.25, 0.3) is 0 Å². The molecule has 1 atom stereocenters. The Morgan fingerprint density at radius 1 is 1.19 bits per heavy atom. The van der Waals surface area contributed by atoms with Crippen molar-refractivity contribution in [3.05, 3.63) is 53.6 Å². The zero-order valence-electron chi connectivity index (χ0n) is 14.4. The van der Waals surface area contributed by atoms with Crippen LogP contribution < -0.4 is 4.90 Å². The smallest absolute Gasteiger partial charge is 0.228 e. The van der Waals surface area contributed by atoms with Crippen molar-refractivity contribution in [1.29, 1.82) is 0 Å². The Morgan fingerprint density at radius 2 is 1.88 bits per heavy atom. The number of para-hydroxylation sites is 1. The van der Waals surface area contributed by atoms with Gasteiger partial charge in [-0.05, 0) is 42.8 Å². The third kappa shape index (κ3) is 4.42. The molecule has 0 radical (unpaired) electrons. The topological polar surface area (TPSA) is 54.5 Å². The van der Waals surface area contributed by atoms with Crippen LogP contribution in [0.5, 0.6) is 0 Å². The third-order valence-electron chi connectivity index (χ3n) is 4.30. The highest BCUT2D eigenvalue weighted by molar-refractivity contribution is 8.00. The Balaban J connectivity index is 1.75. The van der Waals surface area contributed by atoms with Crippen LogP contribution in [0.25, 0.3) is 0 Å². The molecule has 1 aliphatic rings. The molecule has 7 heteroatoms. The number of sulfone groups is 1. The molecule has 26 heavy (non-hydrogen) atoms. The van der Waals surface area contributed by atoms with Crippen molar-refractivity contribution < 1.29 is 13.2 Å². The fraction of sp³-hybridized carbons (Fsp3) is 0.316. The van der Waals surface area contributed by atoms with E-state index < -0.39 is 9.84 Å². The Labute approximate surface area is 163 Å². The predicted octanol–water partition coefficient (Wildman–Crippen LogP) is 4.42. The number of amides is 1. The minimum absolute atomic E-state index is 0.0433. The quantitative estimate of drug-likeness (QED) is 0.749. The lowest BCUT2D eigenvalue weighted by molar-refractivity contribution is -0.118. The van der Waals surface area contributed by atoms with E-state index in [2.05, 4.69) is 6.92 Å². The molecule has 0 bridgehead atoms. The number of thioether (sulfide) groups is 1. The molecule has 2 aromatic rings. The van der Waals surface area contributed by atoms with Crippen LogP contribution in [0.2, 0.25) is 5.02 Å². The molecule has 1 heterocycles. The number of carbonyl (C=O) groups excluding carboxylic acids is 1. The van der Waals surface area contributed by atoms with Gasteiger partial charge >= 0.3 is 0 Å². The van der Waals surface area contributed by atoms with Gasteiger partial charge < -0.3 is 4.90 Å². The third-order valence-corrected chi connectivity index (χ3v) is 7.52. The number of hydrogen-bond donors (Lipinski definition) is 0. The van der Waals surface area contributed by atoms with Gasteiger partial charge in [0.2, 0.25) is 5.91 Å². The summed E-state index contributed by atoms with van der Waals surface area (Å²) in [4.78, 5) is 15.8. The van der Waals surface area contributed by atoms with Gasteiger partial charge in [0.05, 0.1) is 16.3 Å². The van der Waals surface area contributed by atoms with E-state index in [-0.39, 0.29) is 23.0 Å². The fourth-order valence-electron chi connectivity index (χ4n) is 2.86. The molecule has 1 amide bonds. The summed E-state index contributed by atoms with van der Waals surface area (Å²) in [5.74, 6) is -0.376. The summed E-state index contributed by atoms with van der Waals surface area (Å²) < 4.78 is 25.0. The largest absolute Gasteiger partial charge is 0.311 e. The van der Waals surface area contributed by atoms with Crippen LogP contribution in [0.3, 0.4) is 0 Å². The van der Waals surface area contributed by atoms with Crippen LogP contribution in [0.4, 0.5) is 5.69 Å². The number of nitrogens with zero attached hydrogens (tertiary/aromatic N) is 1. The fourth-order valence-corrected chi connectivity index (χ4v) is 5.33. The zero-order valence-corrected chi connectivity index (χ0v) is 16.8. The number of rotatable bonds is 4. The summed E-state index contributed by atoms with van der Waals surface area (Å²) in [6, 6.07) is 13.8. The van der Waals surface area contributed by atoms with Crippen molar-refractivity contribution in [3.63, 3.8) is 0 Å². The van der Waals surface area contributed by atoms with Crippen molar-refractivity contribution >= 4 is 44.8 Å². The second-order valence-electron chi connectivity index (χ2n) is 6.25. The van der Waals surface area contributed by atoms with Gasteiger partial charge in [0.1, 0.15) is 0 Å². The van der Waals surface area contributed by atoms with Crippen LogP contribution in [0.1, 0.15) is 19.8 Å². The standard InChI is InChI=1S/C19H20ClNO3S2/c1-14-10-12-21(17-4-2-3-5-18(17)25-14)19(22)11-13-26(23,24)16-8-6-15(20)7-9-16/h2-9,14H,10-13H2,1H3. The minimum atomic E-state index is -3.52. The van der Waals surface area contributed by atoms with Crippen molar-refractivity contribution in [3.8, 4) is 0 Å². The van der Waals surface area contributed by atoms with Crippen molar-refractivity contribution in [2.75, 3.05) is 17.2 Å². The van der Waals surface area contributed by atoms with Crippen molar-refractivity contribution in [2.24, 2.45) is 0 Å². The zero-order chi connectivity index (χ0) is 18.7. The molecular weight excluding hydrogens is 390 g/mol. The van der Waals surface area contributed by atoms with E-state index in [1.807, 2.05) is 24.3 Å². The van der Waals surface area contributed by atoms with Crippen LogP contribution in [-0.4, -0.2) is 31.9 Å². The Kier molecular flexibility index (Phi) is 5.95. The molecule has 1 aliphatic heterocycles.